The second-order valence-electron chi connectivity index (χ2n) is 6.91. The molecule has 0 spiro atoms. The van der Waals surface area contributed by atoms with E-state index in [-0.39, 0.29) is 5.56 Å². The highest BCUT2D eigenvalue weighted by Gasteiger charge is 2.04. The van der Waals surface area contributed by atoms with Crippen molar-refractivity contribution >= 4 is 11.7 Å². The number of nitrogens with two attached hydrogens (primary N) is 1. The summed E-state index contributed by atoms with van der Waals surface area (Å²) >= 11 is 0. The number of rotatable bonds is 8. The summed E-state index contributed by atoms with van der Waals surface area (Å²) in [6, 6.07) is 6.70. The van der Waals surface area contributed by atoms with Gasteiger partial charge in [-0.2, -0.15) is 0 Å². The average Bonchev–Trinajstić information content (AvgIpc) is 2.44. The largest absolute Gasteiger partial charge is 0.478 e. The lowest BCUT2D eigenvalue weighted by Crippen LogP contribution is -2.23. The van der Waals surface area contributed by atoms with Gasteiger partial charge in [-0.1, -0.05) is 34.6 Å². The van der Waals surface area contributed by atoms with E-state index in [0.717, 1.165) is 11.8 Å². The third-order valence-electron chi connectivity index (χ3n) is 3.46. The summed E-state index contributed by atoms with van der Waals surface area (Å²) in [7, 11) is 0. The van der Waals surface area contributed by atoms with E-state index in [1.807, 2.05) is 0 Å². The lowest BCUT2D eigenvalue weighted by Gasteiger charge is -2.14. The molecule has 0 fully saturated rings. The summed E-state index contributed by atoms with van der Waals surface area (Å²) in [5, 5.41) is 11.9. The molecule has 4 N–H and O–H groups in total. The maximum atomic E-state index is 10.3. The Balaban J connectivity index is 0.000000433. The highest BCUT2D eigenvalue weighted by Crippen LogP contribution is 2.15. The number of nitrogen functional groups attached to an aromatic ring is 1. The third kappa shape index (κ3) is 12.7. The van der Waals surface area contributed by atoms with Crippen molar-refractivity contribution in [2.24, 2.45) is 11.8 Å². The van der Waals surface area contributed by atoms with Crippen molar-refractivity contribution < 1.29 is 9.90 Å². The molecule has 0 radical (unpaired) electrons. The molecule has 132 valence electrons. The van der Waals surface area contributed by atoms with Crippen LogP contribution in [0.1, 0.15) is 64.2 Å². The number of benzene rings is 1. The van der Waals surface area contributed by atoms with Crippen LogP contribution in [0.15, 0.2) is 24.3 Å². The Hall–Kier alpha value is -1.55. The number of carboxylic acids is 1. The molecule has 0 aromatic heterocycles. The number of anilines is 1. The van der Waals surface area contributed by atoms with Crippen LogP contribution in [0.4, 0.5) is 5.69 Å². The quantitative estimate of drug-likeness (QED) is 0.489. The van der Waals surface area contributed by atoms with Crippen LogP contribution in [0.5, 0.6) is 0 Å². The molecular formula is C19H34N2O2. The molecule has 1 aromatic rings. The lowest BCUT2D eigenvalue weighted by atomic mass is 9.95. The average molecular weight is 322 g/mol. The molecule has 0 aliphatic carbocycles. The normalized spacial score (nSPS) is 12.0. The van der Waals surface area contributed by atoms with Crippen molar-refractivity contribution in [3.8, 4) is 0 Å². The molecule has 0 heterocycles. The van der Waals surface area contributed by atoms with Crippen molar-refractivity contribution in [3.63, 3.8) is 0 Å². The van der Waals surface area contributed by atoms with Crippen molar-refractivity contribution in [1.82, 2.24) is 5.32 Å². The second kappa shape index (κ2) is 11.9. The van der Waals surface area contributed by atoms with Gasteiger partial charge in [-0.3, -0.25) is 0 Å². The molecule has 0 saturated carbocycles. The van der Waals surface area contributed by atoms with Crippen molar-refractivity contribution in [1.29, 1.82) is 0 Å². The molecule has 1 rings (SSSR count). The van der Waals surface area contributed by atoms with Gasteiger partial charge in [0, 0.05) is 11.7 Å². The molecule has 23 heavy (non-hydrogen) atoms. The summed E-state index contributed by atoms with van der Waals surface area (Å²) in [4.78, 5) is 10.3. The molecule has 1 unspecified atom stereocenters. The Bertz CT molecular complexity index is 428. The summed E-state index contributed by atoms with van der Waals surface area (Å²) in [5.41, 5.74) is 6.17. The van der Waals surface area contributed by atoms with Gasteiger partial charge in [0.1, 0.15) is 0 Å². The van der Waals surface area contributed by atoms with Gasteiger partial charge in [-0.15, -0.1) is 0 Å². The summed E-state index contributed by atoms with van der Waals surface area (Å²) in [6.07, 6.45) is 4.08. The number of carbonyl (C=O) groups is 1. The van der Waals surface area contributed by atoms with E-state index in [9.17, 15) is 4.79 Å². The first-order valence-electron chi connectivity index (χ1n) is 8.54. The van der Waals surface area contributed by atoms with Crippen LogP contribution >= 0.6 is 0 Å². The van der Waals surface area contributed by atoms with Crippen LogP contribution in [-0.2, 0) is 0 Å². The van der Waals surface area contributed by atoms with Crippen LogP contribution < -0.4 is 11.1 Å². The van der Waals surface area contributed by atoms with Crippen molar-refractivity contribution in [2.75, 3.05) is 12.3 Å². The Morgan fingerprint density at radius 2 is 1.70 bits per heavy atom. The Morgan fingerprint density at radius 3 is 2.13 bits per heavy atom. The molecule has 0 saturated heterocycles. The van der Waals surface area contributed by atoms with E-state index in [2.05, 4.69) is 39.9 Å². The van der Waals surface area contributed by atoms with Gasteiger partial charge in [0.05, 0.1) is 5.56 Å². The minimum absolute atomic E-state index is 0.259. The molecule has 0 aliphatic heterocycles. The Kier molecular flexibility index (Phi) is 11.1. The first-order chi connectivity index (χ1) is 10.7. The standard InChI is InChI=1S/C12H27N.C7H7NO2/c1-10(2)9-12(5)7-6-8-13-11(3)4;8-6-3-1-5(2-4-6)7(9)10/h10-13H,6-9H2,1-5H3;1-4H,8H2,(H,9,10). The predicted molar refractivity (Wildman–Crippen MR) is 98.8 cm³/mol. The first kappa shape index (κ1) is 21.4. The van der Waals surface area contributed by atoms with Crippen molar-refractivity contribution in [2.45, 2.75) is 59.9 Å². The Morgan fingerprint density at radius 1 is 1.13 bits per heavy atom. The number of aromatic carboxylic acids is 1. The minimum atomic E-state index is -0.931. The van der Waals surface area contributed by atoms with E-state index >= 15 is 0 Å². The maximum absolute atomic E-state index is 10.3. The number of hydrogen-bond donors (Lipinski definition) is 3. The monoisotopic (exact) mass is 322 g/mol. The van der Waals surface area contributed by atoms with Crippen LogP contribution in [-0.4, -0.2) is 23.7 Å². The fourth-order valence-electron chi connectivity index (χ4n) is 2.39. The van der Waals surface area contributed by atoms with Crippen LogP contribution in [0.25, 0.3) is 0 Å². The molecular weight excluding hydrogens is 288 g/mol. The fraction of sp³-hybridized carbons (Fsp3) is 0.632. The molecule has 0 aliphatic rings. The van der Waals surface area contributed by atoms with E-state index in [1.54, 1.807) is 12.1 Å². The smallest absolute Gasteiger partial charge is 0.335 e. The molecule has 4 heteroatoms. The summed E-state index contributed by atoms with van der Waals surface area (Å²) in [6.45, 7) is 12.6. The van der Waals surface area contributed by atoms with E-state index in [0.29, 0.717) is 11.7 Å². The van der Waals surface area contributed by atoms with Gasteiger partial charge in [-0.25, -0.2) is 4.79 Å². The summed E-state index contributed by atoms with van der Waals surface area (Å²) in [5.74, 6) is 0.821. The number of carboxylic acid groups (broad SMARTS) is 1. The van der Waals surface area contributed by atoms with Gasteiger partial charge in [0.2, 0.25) is 0 Å². The number of nitrogens with one attached hydrogen (secondary N) is 1. The molecule has 1 aromatic carbocycles. The molecule has 1 atom stereocenters. The van der Waals surface area contributed by atoms with Gasteiger partial charge >= 0.3 is 5.97 Å². The van der Waals surface area contributed by atoms with Gasteiger partial charge in [0.25, 0.3) is 0 Å². The number of hydrogen-bond acceptors (Lipinski definition) is 3. The van der Waals surface area contributed by atoms with Crippen molar-refractivity contribution in [3.05, 3.63) is 29.8 Å². The third-order valence-corrected chi connectivity index (χ3v) is 3.46. The molecule has 0 bridgehead atoms. The minimum Gasteiger partial charge on any atom is -0.478 e. The zero-order chi connectivity index (χ0) is 17.8. The predicted octanol–water partition coefficient (Wildman–Crippen LogP) is 4.41. The van der Waals surface area contributed by atoms with E-state index in [1.165, 1.54) is 37.9 Å². The fourth-order valence-corrected chi connectivity index (χ4v) is 2.39. The maximum Gasteiger partial charge on any atom is 0.335 e. The SMILES string of the molecule is CC(C)CC(C)CCCNC(C)C.Nc1ccc(C(=O)O)cc1. The highest BCUT2D eigenvalue weighted by atomic mass is 16.4. The summed E-state index contributed by atoms with van der Waals surface area (Å²) < 4.78 is 0. The molecule has 0 amide bonds. The zero-order valence-electron chi connectivity index (χ0n) is 15.3. The lowest BCUT2D eigenvalue weighted by molar-refractivity contribution is 0.0697. The Labute approximate surface area is 141 Å². The van der Waals surface area contributed by atoms with Crippen LogP contribution in [0.2, 0.25) is 0 Å². The highest BCUT2D eigenvalue weighted by molar-refractivity contribution is 5.87. The van der Waals surface area contributed by atoms with Crippen LogP contribution in [0, 0.1) is 11.8 Å². The second-order valence-corrected chi connectivity index (χ2v) is 6.91. The van der Waals surface area contributed by atoms with Gasteiger partial charge < -0.3 is 16.2 Å². The van der Waals surface area contributed by atoms with E-state index < -0.39 is 5.97 Å². The first-order valence-corrected chi connectivity index (χ1v) is 8.54. The van der Waals surface area contributed by atoms with E-state index in [4.69, 9.17) is 10.8 Å². The van der Waals surface area contributed by atoms with Crippen LogP contribution in [0.3, 0.4) is 0 Å². The van der Waals surface area contributed by atoms with Gasteiger partial charge in [0.15, 0.2) is 0 Å². The van der Waals surface area contributed by atoms with Gasteiger partial charge in [-0.05, 0) is 61.9 Å². The topological polar surface area (TPSA) is 75.3 Å². The molecule has 4 nitrogen and oxygen atoms in total. The zero-order valence-corrected chi connectivity index (χ0v) is 15.3.